The van der Waals surface area contributed by atoms with E-state index in [2.05, 4.69) is 26.6 Å². The molecule has 1 saturated heterocycles. The van der Waals surface area contributed by atoms with E-state index in [1.54, 1.807) is 24.3 Å². The molecular formula is C14H19BrN2O4S. The summed E-state index contributed by atoms with van der Waals surface area (Å²) in [7, 11) is -3.51. The molecule has 1 fully saturated rings. The van der Waals surface area contributed by atoms with Crippen LogP contribution in [0.2, 0.25) is 0 Å². The maximum atomic E-state index is 12.0. The Labute approximate surface area is 138 Å². The fraction of sp³-hybridized carbons (Fsp3) is 0.500. The summed E-state index contributed by atoms with van der Waals surface area (Å²) in [5.74, 6) is -1.31. The Morgan fingerprint density at radius 3 is 2.59 bits per heavy atom. The smallest absolute Gasteiger partial charge is 0.235 e. The molecule has 0 aliphatic carbocycles. The van der Waals surface area contributed by atoms with Gasteiger partial charge in [0, 0.05) is 30.0 Å². The standard InChI is InChI=1S/C14H19BrN2O4S/c15-12-3-1-10(2-4-12)8-22(20,21)9-14(19)17-6-11-5-16-7-13(11)18/h1-4,11,13,16,18H,5-9H2,(H,17,19). The number of nitrogens with one attached hydrogen (secondary N) is 2. The number of hydrogen-bond acceptors (Lipinski definition) is 5. The Balaban J connectivity index is 1.82. The topological polar surface area (TPSA) is 95.5 Å². The fourth-order valence-electron chi connectivity index (χ4n) is 2.31. The highest BCUT2D eigenvalue weighted by Crippen LogP contribution is 2.13. The van der Waals surface area contributed by atoms with Crippen molar-refractivity contribution in [3.8, 4) is 0 Å². The SMILES string of the molecule is O=C(CS(=O)(=O)Cc1ccc(Br)cc1)NCC1CNCC1O. The molecule has 22 heavy (non-hydrogen) atoms. The first-order valence-electron chi connectivity index (χ1n) is 6.96. The van der Waals surface area contributed by atoms with Crippen LogP contribution in [0.1, 0.15) is 5.56 Å². The molecule has 2 atom stereocenters. The molecule has 0 radical (unpaired) electrons. The second kappa shape index (κ2) is 7.54. The summed E-state index contributed by atoms with van der Waals surface area (Å²) in [5.41, 5.74) is 0.645. The first-order chi connectivity index (χ1) is 10.4. The molecule has 1 aromatic carbocycles. The first kappa shape index (κ1) is 17.4. The van der Waals surface area contributed by atoms with Gasteiger partial charge in [0.1, 0.15) is 5.75 Å². The predicted octanol–water partition coefficient (Wildman–Crippen LogP) is 0.0604. The number of aliphatic hydroxyl groups excluding tert-OH is 1. The van der Waals surface area contributed by atoms with Gasteiger partial charge in [-0.05, 0) is 17.7 Å². The van der Waals surface area contributed by atoms with Crippen molar-refractivity contribution in [2.24, 2.45) is 5.92 Å². The van der Waals surface area contributed by atoms with E-state index in [9.17, 15) is 18.3 Å². The van der Waals surface area contributed by atoms with Crippen LogP contribution in [0, 0.1) is 5.92 Å². The van der Waals surface area contributed by atoms with Crippen molar-refractivity contribution >= 4 is 31.7 Å². The monoisotopic (exact) mass is 390 g/mol. The van der Waals surface area contributed by atoms with Crippen LogP contribution in [-0.4, -0.2) is 50.9 Å². The lowest BCUT2D eigenvalue weighted by Crippen LogP contribution is -2.37. The van der Waals surface area contributed by atoms with Crippen molar-refractivity contribution in [1.82, 2.24) is 10.6 Å². The lowest BCUT2D eigenvalue weighted by Gasteiger charge is -2.14. The number of hydrogen-bond donors (Lipinski definition) is 3. The molecular weight excluding hydrogens is 372 g/mol. The minimum Gasteiger partial charge on any atom is -0.391 e. The summed E-state index contributed by atoms with van der Waals surface area (Å²) in [5, 5.41) is 15.2. The maximum absolute atomic E-state index is 12.0. The number of rotatable bonds is 6. The Morgan fingerprint density at radius 1 is 1.32 bits per heavy atom. The van der Waals surface area contributed by atoms with Gasteiger partial charge in [0.05, 0.1) is 11.9 Å². The second-order valence-electron chi connectivity index (χ2n) is 5.45. The molecule has 6 nitrogen and oxygen atoms in total. The lowest BCUT2D eigenvalue weighted by molar-refractivity contribution is -0.118. The maximum Gasteiger partial charge on any atom is 0.235 e. The molecule has 122 valence electrons. The number of aliphatic hydroxyl groups is 1. The number of carbonyl (C=O) groups is 1. The molecule has 2 unspecified atom stereocenters. The lowest BCUT2D eigenvalue weighted by atomic mass is 10.1. The Hall–Kier alpha value is -0.960. The average molecular weight is 391 g/mol. The van der Waals surface area contributed by atoms with Crippen molar-refractivity contribution in [3.63, 3.8) is 0 Å². The average Bonchev–Trinajstić information content (AvgIpc) is 2.84. The van der Waals surface area contributed by atoms with Crippen LogP contribution in [0.4, 0.5) is 0 Å². The van der Waals surface area contributed by atoms with Crippen LogP contribution in [-0.2, 0) is 20.4 Å². The van der Waals surface area contributed by atoms with E-state index in [-0.39, 0.29) is 18.2 Å². The quantitative estimate of drug-likeness (QED) is 0.638. The number of sulfone groups is 1. The van der Waals surface area contributed by atoms with E-state index < -0.39 is 27.6 Å². The fourth-order valence-corrected chi connectivity index (χ4v) is 3.88. The largest absolute Gasteiger partial charge is 0.391 e. The van der Waals surface area contributed by atoms with Gasteiger partial charge < -0.3 is 15.7 Å². The number of benzene rings is 1. The summed E-state index contributed by atoms with van der Waals surface area (Å²) in [6, 6.07) is 6.94. The summed E-state index contributed by atoms with van der Waals surface area (Å²) < 4.78 is 24.9. The van der Waals surface area contributed by atoms with E-state index in [4.69, 9.17) is 0 Å². The van der Waals surface area contributed by atoms with Gasteiger partial charge in [-0.1, -0.05) is 28.1 Å². The second-order valence-corrected chi connectivity index (χ2v) is 8.43. The van der Waals surface area contributed by atoms with Crippen LogP contribution in [0.15, 0.2) is 28.7 Å². The summed E-state index contributed by atoms with van der Waals surface area (Å²) in [4.78, 5) is 11.8. The van der Waals surface area contributed by atoms with Gasteiger partial charge in [-0.2, -0.15) is 0 Å². The van der Waals surface area contributed by atoms with E-state index in [0.717, 1.165) is 4.47 Å². The third-order valence-corrected chi connectivity index (χ3v) is 5.52. The molecule has 0 spiro atoms. The summed E-state index contributed by atoms with van der Waals surface area (Å²) >= 11 is 3.28. The van der Waals surface area contributed by atoms with E-state index in [0.29, 0.717) is 18.7 Å². The van der Waals surface area contributed by atoms with Crippen molar-refractivity contribution in [2.75, 3.05) is 25.4 Å². The van der Waals surface area contributed by atoms with E-state index >= 15 is 0 Å². The first-order valence-corrected chi connectivity index (χ1v) is 9.57. The van der Waals surface area contributed by atoms with Gasteiger partial charge in [-0.3, -0.25) is 4.79 Å². The van der Waals surface area contributed by atoms with E-state index in [1.165, 1.54) is 0 Å². The highest BCUT2D eigenvalue weighted by molar-refractivity contribution is 9.10. The van der Waals surface area contributed by atoms with Crippen molar-refractivity contribution in [2.45, 2.75) is 11.9 Å². The molecule has 0 saturated carbocycles. The Bertz CT molecular complexity index is 618. The highest BCUT2D eigenvalue weighted by Gasteiger charge is 2.26. The van der Waals surface area contributed by atoms with Gasteiger partial charge in [0.2, 0.25) is 5.91 Å². The van der Waals surface area contributed by atoms with Crippen LogP contribution in [0.3, 0.4) is 0 Å². The van der Waals surface area contributed by atoms with Crippen molar-refractivity contribution in [1.29, 1.82) is 0 Å². The number of amides is 1. The van der Waals surface area contributed by atoms with Crippen LogP contribution in [0.25, 0.3) is 0 Å². The molecule has 0 aromatic heterocycles. The minimum absolute atomic E-state index is 0.0712. The molecule has 1 aromatic rings. The molecule has 3 N–H and O–H groups in total. The van der Waals surface area contributed by atoms with Gasteiger partial charge >= 0.3 is 0 Å². The molecule has 8 heteroatoms. The predicted molar refractivity (Wildman–Crippen MR) is 87.0 cm³/mol. The zero-order valence-electron chi connectivity index (χ0n) is 12.0. The van der Waals surface area contributed by atoms with Crippen LogP contribution >= 0.6 is 15.9 Å². The van der Waals surface area contributed by atoms with Gasteiger partial charge in [0.25, 0.3) is 0 Å². The third kappa shape index (κ3) is 5.35. The molecule has 1 aliphatic rings. The third-order valence-electron chi connectivity index (χ3n) is 3.52. The molecule has 2 rings (SSSR count). The Morgan fingerprint density at radius 2 is 2.00 bits per heavy atom. The normalized spacial score (nSPS) is 21.7. The minimum atomic E-state index is -3.51. The molecule has 1 amide bonds. The molecule has 1 aliphatic heterocycles. The van der Waals surface area contributed by atoms with Crippen LogP contribution < -0.4 is 10.6 Å². The van der Waals surface area contributed by atoms with Crippen LogP contribution in [0.5, 0.6) is 0 Å². The van der Waals surface area contributed by atoms with Gasteiger partial charge in [-0.15, -0.1) is 0 Å². The van der Waals surface area contributed by atoms with Crippen molar-refractivity contribution < 1.29 is 18.3 Å². The Kier molecular flexibility index (Phi) is 5.96. The summed E-state index contributed by atoms with van der Waals surface area (Å²) in [6.07, 6.45) is -0.500. The van der Waals surface area contributed by atoms with Gasteiger partial charge in [-0.25, -0.2) is 8.42 Å². The summed E-state index contributed by atoms with van der Waals surface area (Å²) in [6.45, 7) is 1.40. The number of halogens is 1. The molecule has 0 bridgehead atoms. The highest BCUT2D eigenvalue weighted by atomic mass is 79.9. The number of carbonyl (C=O) groups excluding carboxylic acids is 1. The zero-order chi connectivity index (χ0) is 16.2. The zero-order valence-corrected chi connectivity index (χ0v) is 14.4. The van der Waals surface area contributed by atoms with E-state index in [1.807, 2.05) is 0 Å². The van der Waals surface area contributed by atoms with Crippen molar-refractivity contribution in [3.05, 3.63) is 34.3 Å². The molecule has 1 heterocycles. The van der Waals surface area contributed by atoms with Gasteiger partial charge in [0.15, 0.2) is 9.84 Å². The number of β-amino-alcohol motifs (C(OH)–C–C–N with tert-alkyl or cyclic N) is 1.